The molecule has 0 heterocycles. The van der Waals surface area contributed by atoms with E-state index in [1.165, 1.54) is 11.1 Å². The minimum Gasteiger partial charge on any atom is -0.379 e. The maximum absolute atomic E-state index is 5.68. The van der Waals surface area contributed by atoms with Crippen molar-refractivity contribution in [1.29, 1.82) is 0 Å². The van der Waals surface area contributed by atoms with Gasteiger partial charge in [0.25, 0.3) is 0 Å². The second-order valence-electron chi connectivity index (χ2n) is 5.42. The lowest BCUT2D eigenvalue weighted by atomic mass is 9.95. The van der Waals surface area contributed by atoms with Crippen molar-refractivity contribution >= 4 is 0 Å². The van der Waals surface area contributed by atoms with E-state index in [1.54, 1.807) is 0 Å². The van der Waals surface area contributed by atoms with Gasteiger partial charge in [0, 0.05) is 7.11 Å². The molecule has 2 heteroatoms. The fourth-order valence-corrected chi connectivity index (χ4v) is 2.48. The topological polar surface area (TPSA) is 21.3 Å². The van der Waals surface area contributed by atoms with Crippen molar-refractivity contribution in [2.24, 2.45) is 0 Å². The minimum absolute atomic E-state index is 0.245. The van der Waals surface area contributed by atoms with Gasteiger partial charge in [0.2, 0.25) is 0 Å². The van der Waals surface area contributed by atoms with E-state index in [4.69, 9.17) is 4.74 Å². The average Bonchev–Trinajstić information content (AvgIpc) is 2.43. The van der Waals surface area contributed by atoms with Gasteiger partial charge in [-0.15, -0.1) is 0 Å². The minimum atomic E-state index is 0.245. The zero-order chi connectivity index (χ0) is 14.3. The largest absolute Gasteiger partial charge is 0.379 e. The van der Waals surface area contributed by atoms with Crippen LogP contribution in [0.3, 0.4) is 0 Å². The fourth-order valence-electron chi connectivity index (χ4n) is 2.48. The third-order valence-electron chi connectivity index (χ3n) is 3.63. The van der Waals surface area contributed by atoms with Gasteiger partial charge in [-0.25, -0.2) is 0 Å². The van der Waals surface area contributed by atoms with Crippen LogP contribution in [-0.4, -0.2) is 19.8 Å². The molecule has 0 aliphatic rings. The number of likely N-dealkylation sites (N-methyl/N-ethyl adjacent to an activating group) is 1. The van der Waals surface area contributed by atoms with Crippen molar-refractivity contribution < 1.29 is 4.74 Å². The summed E-state index contributed by atoms with van der Waals surface area (Å²) in [5, 5.41) is 3.56. The summed E-state index contributed by atoms with van der Waals surface area (Å²) in [4.78, 5) is 0. The molecule has 1 aromatic carbocycles. The maximum Gasteiger partial charge on any atom is 0.0765 e. The molecule has 0 aliphatic heterocycles. The molecule has 2 atom stereocenters. The first-order chi connectivity index (χ1) is 9.13. The van der Waals surface area contributed by atoms with Crippen molar-refractivity contribution in [3.05, 3.63) is 35.4 Å². The SMILES string of the molecule is CCCC(OC)C(NCC)c1ccc(C(C)C)cc1. The zero-order valence-corrected chi connectivity index (χ0v) is 13.1. The van der Waals surface area contributed by atoms with E-state index in [2.05, 4.69) is 57.3 Å². The highest BCUT2D eigenvalue weighted by atomic mass is 16.5. The Bertz CT molecular complexity index is 345. The maximum atomic E-state index is 5.68. The van der Waals surface area contributed by atoms with E-state index in [1.807, 2.05) is 7.11 Å². The van der Waals surface area contributed by atoms with Crippen LogP contribution in [0.1, 0.15) is 63.6 Å². The lowest BCUT2D eigenvalue weighted by Crippen LogP contribution is -2.33. The van der Waals surface area contributed by atoms with Gasteiger partial charge in [-0.1, -0.05) is 58.4 Å². The van der Waals surface area contributed by atoms with E-state index in [9.17, 15) is 0 Å². The van der Waals surface area contributed by atoms with E-state index < -0.39 is 0 Å². The molecule has 108 valence electrons. The molecule has 2 nitrogen and oxygen atoms in total. The monoisotopic (exact) mass is 263 g/mol. The summed E-state index contributed by atoms with van der Waals surface area (Å²) in [6.07, 6.45) is 2.47. The van der Waals surface area contributed by atoms with Crippen LogP contribution in [0.2, 0.25) is 0 Å². The van der Waals surface area contributed by atoms with E-state index in [-0.39, 0.29) is 12.1 Å². The summed E-state index contributed by atoms with van der Waals surface area (Å²) in [6.45, 7) is 9.77. The summed E-state index contributed by atoms with van der Waals surface area (Å²) >= 11 is 0. The summed E-state index contributed by atoms with van der Waals surface area (Å²) in [6, 6.07) is 9.25. The third kappa shape index (κ3) is 4.63. The third-order valence-corrected chi connectivity index (χ3v) is 3.63. The van der Waals surface area contributed by atoms with Gasteiger partial charge < -0.3 is 10.1 Å². The van der Waals surface area contributed by atoms with Crippen LogP contribution in [-0.2, 0) is 4.74 Å². The molecule has 0 saturated heterocycles. The van der Waals surface area contributed by atoms with Crippen molar-refractivity contribution in [3.8, 4) is 0 Å². The number of nitrogens with one attached hydrogen (secondary N) is 1. The molecule has 0 amide bonds. The predicted octanol–water partition coefficient (Wildman–Crippen LogP) is 4.28. The molecule has 1 rings (SSSR count). The lowest BCUT2D eigenvalue weighted by Gasteiger charge is -2.27. The summed E-state index contributed by atoms with van der Waals surface area (Å²) in [5.41, 5.74) is 2.72. The Hall–Kier alpha value is -0.860. The Morgan fingerprint density at radius 3 is 2.05 bits per heavy atom. The van der Waals surface area contributed by atoms with E-state index in [0.29, 0.717) is 5.92 Å². The fraction of sp³-hybridized carbons (Fsp3) is 0.647. The van der Waals surface area contributed by atoms with Crippen molar-refractivity contribution in [3.63, 3.8) is 0 Å². The van der Waals surface area contributed by atoms with Crippen molar-refractivity contribution in [1.82, 2.24) is 5.32 Å². The summed E-state index contributed by atoms with van der Waals surface area (Å²) in [7, 11) is 1.81. The smallest absolute Gasteiger partial charge is 0.0765 e. The van der Waals surface area contributed by atoms with Gasteiger partial charge in [-0.05, 0) is 30.0 Å². The highest BCUT2D eigenvalue weighted by molar-refractivity contribution is 5.27. The highest BCUT2D eigenvalue weighted by Crippen LogP contribution is 2.24. The van der Waals surface area contributed by atoms with Gasteiger partial charge in [-0.3, -0.25) is 0 Å². The highest BCUT2D eigenvalue weighted by Gasteiger charge is 2.21. The molecule has 0 fully saturated rings. The van der Waals surface area contributed by atoms with Gasteiger partial charge in [0.05, 0.1) is 12.1 Å². The number of rotatable bonds is 8. The Balaban J connectivity index is 2.90. The van der Waals surface area contributed by atoms with E-state index >= 15 is 0 Å². The predicted molar refractivity (Wildman–Crippen MR) is 82.7 cm³/mol. The molecule has 1 aromatic rings. The zero-order valence-electron chi connectivity index (χ0n) is 13.1. The van der Waals surface area contributed by atoms with Crippen molar-refractivity contribution in [2.75, 3.05) is 13.7 Å². The average molecular weight is 263 g/mol. The lowest BCUT2D eigenvalue weighted by molar-refractivity contribution is 0.0611. The number of methoxy groups -OCH3 is 1. The van der Waals surface area contributed by atoms with Gasteiger partial charge in [0.1, 0.15) is 0 Å². The summed E-state index contributed by atoms with van der Waals surface area (Å²) in [5.74, 6) is 0.584. The molecule has 0 radical (unpaired) electrons. The second-order valence-corrected chi connectivity index (χ2v) is 5.42. The first-order valence-corrected chi connectivity index (χ1v) is 7.50. The number of hydrogen-bond donors (Lipinski definition) is 1. The molecule has 2 unspecified atom stereocenters. The van der Waals surface area contributed by atoms with Gasteiger partial charge in [-0.2, -0.15) is 0 Å². The Kier molecular flexibility index (Phi) is 7.11. The second kappa shape index (κ2) is 8.34. The van der Waals surface area contributed by atoms with Crippen LogP contribution in [0.5, 0.6) is 0 Å². The molecular formula is C17H29NO. The Labute approximate surface area is 118 Å². The first-order valence-electron chi connectivity index (χ1n) is 7.50. The number of ether oxygens (including phenoxy) is 1. The van der Waals surface area contributed by atoms with Crippen LogP contribution >= 0.6 is 0 Å². The van der Waals surface area contributed by atoms with Crippen LogP contribution in [0.25, 0.3) is 0 Å². The van der Waals surface area contributed by atoms with Crippen LogP contribution < -0.4 is 5.32 Å². The number of hydrogen-bond acceptors (Lipinski definition) is 2. The normalized spacial score (nSPS) is 14.6. The quantitative estimate of drug-likeness (QED) is 0.756. The van der Waals surface area contributed by atoms with Crippen LogP contribution in [0, 0.1) is 0 Å². The standard InChI is InChI=1S/C17H29NO/c1-6-8-16(19-5)17(18-7-2)15-11-9-14(10-12-15)13(3)4/h9-13,16-18H,6-8H2,1-5H3. The Morgan fingerprint density at radius 1 is 1.05 bits per heavy atom. The summed E-state index contributed by atoms with van der Waals surface area (Å²) < 4.78 is 5.68. The van der Waals surface area contributed by atoms with Crippen molar-refractivity contribution in [2.45, 2.75) is 58.6 Å². The van der Waals surface area contributed by atoms with Gasteiger partial charge >= 0.3 is 0 Å². The molecule has 19 heavy (non-hydrogen) atoms. The number of benzene rings is 1. The first kappa shape index (κ1) is 16.2. The molecule has 0 bridgehead atoms. The van der Waals surface area contributed by atoms with Crippen LogP contribution in [0.15, 0.2) is 24.3 Å². The van der Waals surface area contributed by atoms with Crippen LogP contribution in [0.4, 0.5) is 0 Å². The molecule has 0 aliphatic carbocycles. The molecule has 0 aromatic heterocycles. The molecule has 0 saturated carbocycles. The molecular weight excluding hydrogens is 234 g/mol. The molecule has 0 spiro atoms. The molecule has 1 N–H and O–H groups in total. The Morgan fingerprint density at radius 2 is 1.63 bits per heavy atom. The van der Waals surface area contributed by atoms with Gasteiger partial charge in [0.15, 0.2) is 0 Å². The van der Waals surface area contributed by atoms with E-state index in [0.717, 1.165) is 19.4 Å².